The van der Waals surface area contributed by atoms with E-state index in [2.05, 4.69) is 4.74 Å². The van der Waals surface area contributed by atoms with Crippen LogP contribution < -0.4 is 0 Å². The van der Waals surface area contributed by atoms with Crippen molar-refractivity contribution >= 4 is 29.8 Å². The summed E-state index contributed by atoms with van der Waals surface area (Å²) in [5.74, 6) is -4.51. The van der Waals surface area contributed by atoms with Gasteiger partial charge in [-0.1, -0.05) is 6.92 Å². The molecule has 0 spiro atoms. The predicted molar refractivity (Wildman–Crippen MR) is 108 cm³/mol. The fourth-order valence-electron chi connectivity index (χ4n) is 6.52. The molecule has 4 aliphatic heterocycles. The highest BCUT2D eigenvalue weighted by Gasteiger charge is 2.94. The Bertz CT molecular complexity index is 948. The van der Waals surface area contributed by atoms with Gasteiger partial charge in [-0.2, -0.15) is 0 Å². The van der Waals surface area contributed by atoms with Gasteiger partial charge in [0.1, 0.15) is 41.3 Å². The lowest BCUT2D eigenvalue weighted by molar-refractivity contribution is -0.207. The molecule has 0 radical (unpaired) electrons. The largest absolute Gasteiger partial charge is 0.469 e. The highest BCUT2D eigenvalue weighted by molar-refractivity contribution is 5.94. The van der Waals surface area contributed by atoms with E-state index in [1.807, 2.05) is 0 Å². The van der Waals surface area contributed by atoms with Crippen LogP contribution in [-0.4, -0.2) is 99.0 Å². The SMILES string of the molecule is COC(=O)CCC(=O)OC1C(C)C2OC1C1(C(=O)OC)C3OC(C(O)C3OC(C)=O)C21C(=O)OC. The zero-order chi connectivity index (χ0) is 25.9. The van der Waals surface area contributed by atoms with E-state index in [9.17, 15) is 29.1 Å². The molecule has 13 nitrogen and oxygen atoms in total. The topological polar surface area (TPSA) is 170 Å². The van der Waals surface area contributed by atoms with Gasteiger partial charge in [-0.05, 0) is 0 Å². The maximum atomic E-state index is 13.5. The molecular weight excluding hydrogens is 472 g/mol. The summed E-state index contributed by atoms with van der Waals surface area (Å²) in [4.78, 5) is 62.7. The van der Waals surface area contributed by atoms with Gasteiger partial charge in [-0.15, -0.1) is 0 Å². The first-order valence-electron chi connectivity index (χ1n) is 11.1. The summed E-state index contributed by atoms with van der Waals surface area (Å²) in [6.45, 7) is 2.79. The molecule has 4 rings (SSSR count). The first kappa shape index (κ1) is 25.3. The normalized spacial score (nSPS) is 42.2. The van der Waals surface area contributed by atoms with Crippen LogP contribution in [0.5, 0.6) is 0 Å². The van der Waals surface area contributed by atoms with Gasteiger partial charge in [0.2, 0.25) is 0 Å². The van der Waals surface area contributed by atoms with Crippen LogP contribution in [0.3, 0.4) is 0 Å². The quantitative estimate of drug-likeness (QED) is 0.322. The first-order valence-corrected chi connectivity index (χ1v) is 11.1. The summed E-state index contributed by atoms with van der Waals surface area (Å²) >= 11 is 0. The van der Waals surface area contributed by atoms with Crippen LogP contribution in [0.15, 0.2) is 0 Å². The number of rotatable bonds is 7. The average Bonchev–Trinajstić information content (AvgIpc) is 3.52. The second-order valence-electron chi connectivity index (χ2n) is 9.13. The summed E-state index contributed by atoms with van der Waals surface area (Å²) in [6, 6.07) is 0. The number of carbonyl (C=O) groups excluding carboxylic acids is 5. The molecule has 13 heteroatoms. The molecule has 35 heavy (non-hydrogen) atoms. The molecule has 4 aliphatic rings. The second-order valence-corrected chi connectivity index (χ2v) is 9.13. The van der Waals surface area contributed by atoms with Gasteiger partial charge in [-0.3, -0.25) is 24.0 Å². The smallest absolute Gasteiger partial charge is 0.318 e. The Morgan fingerprint density at radius 3 is 1.80 bits per heavy atom. The minimum Gasteiger partial charge on any atom is -0.469 e. The molecule has 194 valence electrons. The highest BCUT2D eigenvalue weighted by atomic mass is 16.6. The summed E-state index contributed by atoms with van der Waals surface area (Å²) < 4.78 is 37.8. The zero-order valence-electron chi connectivity index (χ0n) is 19.9. The van der Waals surface area contributed by atoms with Crippen molar-refractivity contribution < 1.29 is 62.2 Å². The number of ether oxygens (including phenoxy) is 7. The van der Waals surface area contributed by atoms with E-state index in [0.29, 0.717) is 0 Å². The number of carbonyl (C=O) groups is 5. The first-order chi connectivity index (χ1) is 16.5. The molecule has 10 unspecified atom stereocenters. The van der Waals surface area contributed by atoms with Crippen LogP contribution in [0.2, 0.25) is 0 Å². The maximum absolute atomic E-state index is 13.5. The van der Waals surface area contributed by atoms with Gasteiger partial charge in [0.05, 0.1) is 40.3 Å². The Morgan fingerprint density at radius 1 is 0.743 bits per heavy atom. The van der Waals surface area contributed by atoms with Crippen LogP contribution in [0, 0.1) is 16.7 Å². The molecule has 4 saturated heterocycles. The molecule has 10 atom stereocenters. The third-order valence-corrected chi connectivity index (χ3v) is 7.68. The van der Waals surface area contributed by atoms with Crippen molar-refractivity contribution in [1.29, 1.82) is 0 Å². The van der Waals surface area contributed by atoms with E-state index >= 15 is 0 Å². The Labute approximate surface area is 200 Å². The summed E-state index contributed by atoms with van der Waals surface area (Å²) in [5, 5.41) is 11.0. The van der Waals surface area contributed by atoms with Gasteiger partial charge in [0, 0.05) is 12.8 Å². The number of aliphatic hydroxyl groups excluding tert-OH is 1. The number of hydrogen-bond donors (Lipinski definition) is 1. The number of esters is 5. The molecule has 0 saturated carbocycles. The zero-order valence-corrected chi connectivity index (χ0v) is 19.9. The fourth-order valence-corrected chi connectivity index (χ4v) is 6.52. The third-order valence-electron chi connectivity index (χ3n) is 7.68. The lowest BCUT2D eigenvalue weighted by Crippen LogP contribution is -2.74. The van der Waals surface area contributed by atoms with Crippen LogP contribution in [0.1, 0.15) is 26.7 Å². The van der Waals surface area contributed by atoms with Crippen molar-refractivity contribution in [2.24, 2.45) is 16.7 Å². The maximum Gasteiger partial charge on any atom is 0.318 e. The van der Waals surface area contributed by atoms with Crippen LogP contribution >= 0.6 is 0 Å². The Hall–Kier alpha value is -2.77. The molecule has 1 N–H and O–H groups in total. The molecule has 0 aliphatic carbocycles. The molecule has 4 bridgehead atoms. The van der Waals surface area contributed by atoms with E-state index in [4.69, 9.17) is 28.4 Å². The molecular formula is C22H28O13. The highest BCUT2D eigenvalue weighted by Crippen LogP contribution is 2.73. The lowest BCUT2D eigenvalue weighted by Gasteiger charge is -2.52. The van der Waals surface area contributed by atoms with E-state index in [1.54, 1.807) is 6.92 Å². The number of fused-ring (bicyclic) bond motifs is 9. The van der Waals surface area contributed by atoms with Gasteiger partial charge in [0.15, 0.2) is 6.10 Å². The van der Waals surface area contributed by atoms with Crippen molar-refractivity contribution in [3.05, 3.63) is 0 Å². The van der Waals surface area contributed by atoms with Crippen molar-refractivity contribution in [1.82, 2.24) is 0 Å². The van der Waals surface area contributed by atoms with Gasteiger partial charge < -0.3 is 38.3 Å². The summed E-state index contributed by atoms with van der Waals surface area (Å²) in [7, 11) is 3.42. The van der Waals surface area contributed by atoms with E-state index in [-0.39, 0.29) is 12.8 Å². The predicted octanol–water partition coefficient (Wildman–Crippen LogP) is -1.34. The Morgan fingerprint density at radius 2 is 1.26 bits per heavy atom. The average molecular weight is 500 g/mol. The molecule has 0 aromatic heterocycles. The Kier molecular flexibility index (Phi) is 6.31. The minimum atomic E-state index is -1.96. The van der Waals surface area contributed by atoms with Crippen molar-refractivity contribution in [3.8, 4) is 0 Å². The molecule has 4 fully saturated rings. The Balaban J connectivity index is 1.78. The second kappa shape index (κ2) is 8.71. The van der Waals surface area contributed by atoms with Crippen LogP contribution in [0.25, 0.3) is 0 Å². The van der Waals surface area contributed by atoms with Gasteiger partial charge in [0.25, 0.3) is 0 Å². The molecule has 0 aromatic carbocycles. The molecule has 0 aromatic rings. The number of methoxy groups -OCH3 is 3. The molecule has 4 heterocycles. The minimum absolute atomic E-state index is 0.214. The van der Waals surface area contributed by atoms with Crippen molar-refractivity contribution in [2.45, 2.75) is 69.4 Å². The fraction of sp³-hybridized carbons (Fsp3) is 0.773. The number of aliphatic hydroxyl groups is 1. The molecule has 0 amide bonds. The van der Waals surface area contributed by atoms with E-state index in [1.165, 1.54) is 7.11 Å². The summed E-state index contributed by atoms with van der Waals surface area (Å²) in [5.41, 5.74) is -3.81. The monoisotopic (exact) mass is 500 g/mol. The van der Waals surface area contributed by atoms with Crippen LogP contribution in [-0.2, 0) is 57.1 Å². The van der Waals surface area contributed by atoms with Gasteiger partial charge >= 0.3 is 29.8 Å². The lowest BCUT2D eigenvalue weighted by atomic mass is 9.46. The van der Waals surface area contributed by atoms with Crippen LogP contribution in [0.4, 0.5) is 0 Å². The van der Waals surface area contributed by atoms with Crippen molar-refractivity contribution in [3.63, 3.8) is 0 Å². The summed E-state index contributed by atoms with van der Waals surface area (Å²) in [6.07, 6.45) is -9.31. The van der Waals surface area contributed by atoms with E-state index in [0.717, 1.165) is 21.1 Å². The number of hydrogen-bond acceptors (Lipinski definition) is 13. The third kappa shape index (κ3) is 3.07. The van der Waals surface area contributed by atoms with Gasteiger partial charge in [-0.25, -0.2) is 0 Å². The standard InChI is InChI=1S/C22H28O13/c1-8-13(33-11(25)7-6-10(24)29-3)17-22(20(28)31-5)18-14(32-9(2)23)12(26)16(35-18)21(22,15(8)34-17)19(27)30-4/h8,12-18,26H,6-7H2,1-5H3. The van der Waals surface area contributed by atoms with E-state index < -0.39 is 89.3 Å². The van der Waals surface area contributed by atoms with Crippen molar-refractivity contribution in [2.75, 3.05) is 21.3 Å².